The van der Waals surface area contributed by atoms with E-state index in [-0.39, 0.29) is 0 Å². The third kappa shape index (κ3) is 0.368. The van der Waals surface area contributed by atoms with E-state index in [2.05, 4.69) is 13.8 Å². The molecule has 2 fully saturated rings. The number of hydrogen-bond acceptors (Lipinski definition) is 0. The van der Waals surface area contributed by atoms with Crippen molar-refractivity contribution in [3.63, 3.8) is 0 Å². The molecule has 3 atom stereocenters. The monoisotopic (exact) mass is 112 g/mol. The zero-order valence-corrected chi connectivity index (χ0v) is 5.72. The van der Waals surface area contributed by atoms with Gasteiger partial charge in [0.2, 0.25) is 0 Å². The van der Waals surface area contributed by atoms with Gasteiger partial charge in [-0.25, -0.2) is 0 Å². The van der Waals surface area contributed by atoms with Crippen molar-refractivity contribution in [2.75, 3.05) is 13.1 Å². The Hall–Kier alpha value is -0.0400. The third-order valence-electron chi connectivity index (χ3n) is 2.96. The van der Waals surface area contributed by atoms with Crippen molar-refractivity contribution in [1.29, 1.82) is 0 Å². The van der Waals surface area contributed by atoms with Gasteiger partial charge in [0.15, 0.2) is 0 Å². The van der Waals surface area contributed by atoms with Gasteiger partial charge in [-0.15, -0.1) is 0 Å². The Morgan fingerprint density at radius 3 is 2.25 bits per heavy atom. The standard InChI is InChI=1S/C7H14N/c1-3-7-5-8(7)4-6(8)2/h6-7H,3-5H2,1-2H3/q+1. The summed E-state index contributed by atoms with van der Waals surface area (Å²) in [6.07, 6.45) is 1.41. The Bertz CT molecular complexity index is 122. The molecule has 3 unspecified atom stereocenters. The summed E-state index contributed by atoms with van der Waals surface area (Å²) in [5.74, 6) is 0. The highest BCUT2D eigenvalue weighted by Crippen LogP contribution is 2.48. The van der Waals surface area contributed by atoms with Crippen molar-refractivity contribution in [1.82, 2.24) is 0 Å². The van der Waals surface area contributed by atoms with Gasteiger partial charge >= 0.3 is 0 Å². The average Bonchev–Trinajstić information content (AvgIpc) is 2.55. The summed E-state index contributed by atoms with van der Waals surface area (Å²) in [5, 5.41) is 0. The van der Waals surface area contributed by atoms with Gasteiger partial charge in [0.25, 0.3) is 0 Å². The first-order valence-electron chi connectivity index (χ1n) is 3.66. The molecule has 2 heterocycles. The molecule has 46 valence electrons. The molecule has 0 aliphatic carbocycles. The Labute approximate surface area is 50.9 Å². The molecule has 0 aromatic rings. The molecule has 2 aliphatic rings. The molecule has 0 N–H and O–H groups in total. The topological polar surface area (TPSA) is 0 Å². The summed E-state index contributed by atoms with van der Waals surface area (Å²) in [7, 11) is 0. The van der Waals surface area contributed by atoms with E-state index in [0.717, 1.165) is 12.1 Å². The SMILES string of the molecule is CCC1C[N+]12CC2C. The first-order chi connectivity index (χ1) is 3.79. The van der Waals surface area contributed by atoms with Crippen LogP contribution in [-0.4, -0.2) is 29.7 Å². The summed E-state index contributed by atoms with van der Waals surface area (Å²) in [4.78, 5) is 0. The smallest absolute Gasteiger partial charge is 0.139 e. The average molecular weight is 112 g/mol. The lowest BCUT2D eigenvalue weighted by Crippen LogP contribution is -2.01. The highest BCUT2D eigenvalue weighted by atomic mass is 15.6. The van der Waals surface area contributed by atoms with Gasteiger partial charge in [-0.1, -0.05) is 6.92 Å². The lowest BCUT2D eigenvalue weighted by molar-refractivity contribution is -0.682. The second-order valence-corrected chi connectivity index (χ2v) is 3.38. The zero-order valence-electron chi connectivity index (χ0n) is 5.72. The minimum absolute atomic E-state index is 1.03. The largest absolute Gasteiger partial charge is 0.300 e. The van der Waals surface area contributed by atoms with Crippen LogP contribution in [0.15, 0.2) is 0 Å². The zero-order chi connectivity index (χ0) is 5.78. The van der Waals surface area contributed by atoms with Crippen LogP contribution in [0.3, 0.4) is 0 Å². The molecule has 1 nitrogen and oxygen atoms in total. The van der Waals surface area contributed by atoms with Crippen LogP contribution in [0.1, 0.15) is 20.3 Å². The van der Waals surface area contributed by atoms with Crippen LogP contribution < -0.4 is 0 Å². The predicted octanol–water partition coefficient (Wildman–Crippen LogP) is 0.997. The first kappa shape index (κ1) is 4.80. The fourth-order valence-electron chi connectivity index (χ4n) is 2.05. The van der Waals surface area contributed by atoms with Gasteiger partial charge < -0.3 is 0 Å². The van der Waals surface area contributed by atoms with Crippen LogP contribution in [0.2, 0.25) is 0 Å². The van der Waals surface area contributed by atoms with Crippen molar-refractivity contribution in [3.8, 4) is 0 Å². The second kappa shape index (κ2) is 1.10. The molecule has 2 aliphatic heterocycles. The Morgan fingerprint density at radius 1 is 1.50 bits per heavy atom. The van der Waals surface area contributed by atoms with Crippen molar-refractivity contribution >= 4 is 0 Å². The Kier molecular flexibility index (Phi) is 0.663. The van der Waals surface area contributed by atoms with E-state index in [1.807, 2.05) is 0 Å². The number of hydrogen-bond donors (Lipinski definition) is 0. The Balaban J connectivity index is 1.97. The summed E-state index contributed by atoms with van der Waals surface area (Å²) in [6, 6.07) is 2.10. The second-order valence-electron chi connectivity index (χ2n) is 3.38. The molecule has 1 spiro atoms. The first-order valence-corrected chi connectivity index (χ1v) is 3.66. The molecule has 0 amide bonds. The number of rotatable bonds is 1. The van der Waals surface area contributed by atoms with Crippen LogP contribution in [0.4, 0.5) is 0 Å². The summed E-state index contributed by atoms with van der Waals surface area (Å²) < 4.78 is 1.50. The lowest BCUT2D eigenvalue weighted by atomic mass is 10.4. The molecule has 1 heteroatoms. The molecule has 2 saturated heterocycles. The van der Waals surface area contributed by atoms with E-state index in [0.29, 0.717) is 0 Å². The van der Waals surface area contributed by atoms with E-state index in [1.165, 1.54) is 24.0 Å². The van der Waals surface area contributed by atoms with Crippen molar-refractivity contribution in [2.24, 2.45) is 0 Å². The molecular weight excluding hydrogens is 98.1 g/mol. The number of quaternary nitrogens is 1. The van der Waals surface area contributed by atoms with Crippen LogP contribution in [-0.2, 0) is 0 Å². The fourth-order valence-corrected chi connectivity index (χ4v) is 2.05. The third-order valence-corrected chi connectivity index (χ3v) is 2.96. The van der Waals surface area contributed by atoms with E-state index < -0.39 is 0 Å². The van der Waals surface area contributed by atoms with Gasteiger partial charge in [0.1, 0.15) is 25.2 Å². The van der Waals surface area contributed by atoms with Gasteiger partial charge in [0, 0.05) is 6.42 Å². The number of nitrogens with zero attached hydrogens (tertiary/aromatic N) is 1. The van der Waals surface area contributed by atoms with Crippen LogP contribution >= 0.6 is 0 Å². The minimum atomic E-state index is 1.03. The van der Waals surface area contributed by atoms with E-state index in [1.54, 1.807) is 0 Å². The van der Waals surface area contributed by atoms with Crippen molar-refractivity contribution < 1.29 is 4.48 Å². The van der Waals surface area contributed by atoms with Crippen LogP contribution in [0.25, 0.3) is 0 Å². The van der Waals surface area contributed by atoms with E-state index in [9.17, 15) is 0 Å². The maximum Gasteiger partial charge on any atom is 0.139 e. The van der Waals surface area contributed by atoms with Gasteiger partial charge in [-0.2, -0.15) is 0 Å². The normalized spacial score (nSPS) is 59.2. The van der Waals surface area contributed by atoms with Gasteiger partial charge in [-0.3, -0.25) is 4.48 Å². The van der Waals surface area contributed by atoms with E-state index in [4.69, 9.17) is 0 Å². The maximum absolute atomic E-state index is 2.37. The van der Waals surface area contributed by atoms with Gasteiger partial charge in [0.05, 0.1) is 0 Å². The molecule has 0 aromatic carbocycles. The highest BCUT2D eigenvalue weighted by Gasteiger charge is 2.69. The molecule has 0 saturated carbocycles. The molecule has 0 radical (unpaired) electrons. The van der Waals surface area contributed by atoms with E-state index >= 15 is 0 Å². The summed E-state index contributed by atoms with van der Waals surface area (Å²) >= 11 is 0. The van der Waals surface area contributed by atoms with Gasteiger partial charge in [-0.05, 0) is 6.92 Å². The highest BCUT2D eigenvalue weighted by molar-refractivity contribution is 4.87. The fraction of sp³-hybridized carbons (Fsp3) is 1.00. The summed E-state index contributed by atoms with van der Waals surface area (Å²) in [5.41, 5.74) is 0. The Morgan fingerprint density at radius 2 is 2.12 bits per heavy atom. The molecule has 2 rings (SSSR count). The van der Waals surface area contributed by atoms with Crippen LogP contribution in [0, 0.1) is 0 Å². The predicted molar refractivity (Wildman–Crippen MR) is 33.5 cm³/mol. The molecule has 0 aromatic heterocycles. The molecular formula is C7H14N+. The lowest BCUT2D eigenvalue weighted by Gasteiger charge is -1.88. The molecule has 8 heavy (non-hydrogen) atoms. The quantitative estimate of drug-likeness (QED) is 0.350. The maximum atomic E-state index is 2.37. The summed E-state index contributed by atoms with van der Waals surface area (Å²) in [6.45, 7) is 7.66. The minimum Gasteiger partial charge on any atom is -0.300 e. The van der Waals surface area contributed by atoms with Crippen molar-refractivity contribution in [2.45, 2.75) is 32.4 Å². The molecule has 0 bridgehead atoms. The van der Waals surface area contributed by atoms with Crippen molar-refractivity contribution in [3.05, 3.63) is 0 Å². The van der Waals surface area contributed by atoms with Crippen LogP contribution in [0.5, 0.6) is 0 Å².